The van der Waals surface area contributed by atoms with Crippen LogP contribution in [-0.2, 0) is 4.65 Å². The van der Waals surface area contributed by atoms with Gasteiger partial charge in [0.05, 0.1) is 17.0 Å². The van der Waals surface area contributed by atoms with Crippen molar-refractivity contribution in [1.29, 1.82) is 0 Å². The maximum absolute atomic E-state index is 16.1. The maximum Gasteiger partial charge on any atom is 0.275 e. The quantitative estimate of drug-likeness (QED) is 0.0576. The first kappa shape index (κ1) is 42.1. The minimum Gasteiger partial charge on any atom is -0.651 e. The molecule has 18 heteroatoms. The van der Waals surface area contributed by atoms with Gasteiger partial charge < -0.3 is 4.65 Å². The van der Waals surface area contributed by atoms with Crippen LogP contribution in [0.3, 0.4) is 0 Å². The van der Waals surface area contributed by atoms with Gasteiger partial charge in [0, 0.05) is 0 Å². The van der Waals surface area contributed by atoms with Gasteiger partial charge in [-0.1, -0.05) is 35.7 Å². The Morgan fingerprint density at radius 3 is 0.786 bits per heavy atom. The van der Waals surface area contributed by atoms with Gasteiger partial charge in [0.1, 0.15) is 53.9 Å². The highest BCUT2D eigenvalue weighted by atomic mass is 31.2. The zero-order chi connectivity index (χ0) is 40.9. The zero-order valence-corrected chi connectivity index (χ0v) is 30.3. The molecule has 0 N–H and O–H groups in total. The van der Waals surface area contributed by atoms with Crippen molar-refractivity contribution in [3.8, 4) is 11.8 Å². The zero-order valence-electron chi connectivity index (χ0n) is 29.4. The molecule has 3 aliphatic carbocycles. The molecule has 3 fully saturated rings. The van der Waals surface area contributed by atoms with Gasteiger partial charge in [-0.3, -0.25) is 0 Å². The van der Waals surface area contributed by atoms with Crippen LogP contribution in [0.4, 0.5) is 65.9 Å². The Kier molecular flexibility index (Phi) is 12.3. The summed E-state index contributed by atoms with van der Waals surface area (Å²) in [7, 11) is -2.90. The Morgan fingerprint density at radius 1 is 0.339 bits per heavy atom. The van der Waals surface area contributed by atoms with Gasteiger partial charge in [0.2, 0.25) is 0 Å². The molecule has 3 aromatic rings. The van der Waals surface area contributed by atoms with Gasteiger partial charge in [-0.25, -0.2) is 65.9 Å². The molecule has 3 aliphatic rings. The summed E-state index contributed by atoms with van der Waals surface area (Å²) in [5, 5.41) is 0. The maximum atomic E-state index is 16.1. The van der Waals surface area contributed by atoms with E-state index in [1.165, 1.54) is 0 Å². The van der Waals surface area contributed by atoms with Crippen molar-refractivity contribution in [3.63, 3.8) is 0 Å². The molecule has 1 nitrogen and oxygen atoms in total. The monoisotopic (exact) mass is 832 g/mol. The fourth-order valence-corrected chi connectivity index (χ4v) is 15.6. The van der Waals surface area contributed by atoms with Gasteiger partial charge in [0.15, 0.2) is 52.4 Å². The lowest BCUT2D eigenvalue weighted by Crippen LogP contribution is -2.74. The van der Waals surface area contributed by atoms with E-state index in [1.54, 1.807) is 0 Å². The van der Waals surface area contributed by atoms with Crippen LogP contribution in [0.2, 0.25) is 0 Å². The summed E-state index contributed by atoms with van der Waals surface area (Å²) in [4.78, 5) is 0. The minimum atomic E-state index is -6.19. The molecule has 0 bridgehead atoms. The summed E-state index contributed by atoms with van der Waals surface area (Å²) in [5.41, 5.74) is -5.94. The molecule has 3 aromatic carbocycles. The van der Waals surface area contributed by atoms with E-state index < -0.39 is 117 Å². The first-order valence-electron chi connectivity index (χ1n) is 18.3. The third-order valence-corrected chi connectivity index (χ3v) is 17.6. The van der Waals surface area contributed by atoms with Crippen LogP contribution >= 0.6 is 7.26 Å². The Balaban J connectivity index is 1.81. The van der Waals surface area contributed by atoms with E-state index in [0.717, 1.165) is 57.8 Å². The van der Waals surface area contributed by atoms with Crippen LogP contribution < -0.4 is 16.4 Å². The standard InChI is InChI=1S/C38H33BF15OP/c40-24-21(25(41)31(47)36(52)30(24)46)39(22-26(42)32(48)37(53)33(49)27(22)43,23-28(44)34(50)38(54)35(51)29(23)45)55-16-17-56(18-10-4-1-5-11-18,19-12-6-2-7-13-19)20-14-8-3-9-15-20/h18-20H,1-15H2. The van der Waals surface area contributed by atoms with Crippen LogP contribution in [0.15, 0.2) is 0 Å². The van der Waals surface area contributed by atoms with E-state index in [9.17, 15) is 13.2 Å². The van der Waals surface area contributed by atoms with E-state index in [4.69, 9.17) is 4.65 Å². The summed E-state index contributed by atoms with van der Waals surface area (Å²) in [6.45, 7) is 0. The number of hydrogen-bond acceptors (Lipinski definition) is 1. The fourth-order valence-electron chi connectivity index (χ4n) is 9.43. The highest BCUT2D eigenvalue weighted by molar-refractivity contribution is 7.82. The molecule has 0 heterocycles. The second kappa shape index (κ2) is 16.4. The summed E-state index contributed by atoms with van der Waals surface area (Å²) in [5.74, 6) is -46.0. The smallest absolute Gasteiger partial charge is 0.275 e. The van der Waals surface area contributed by atoms with Gasteiger partial charge >= 0.3 is 0 Å². The van der Waals surface area contributed by atoms with Gasteiger partial charge in [-0.05, 0) is 77.0 Å². The summed E-state index contributed by atoms with van der Waals surface area (Å²) in [6.07, 6.45) is 6.43. The molecule has 6 rings (SSSR count). The van der Waals surface area contributed by atoms with Crippen LogP contribution in [0, 0.1) is 99.0 Å². The van der Waals surface area contributed by atoms with Gasteiger partial charge in [-0.15, -0.1) is 0 Å². The van der Waals surface area contributed by atoms with Crippen molar-refractivity contribution < 1.29 is 70.5 Å². The molecule has 0 atom stereocenters. The average Bonchev–Trinajstić information content (AvgIpc) is 3.22. The van der Waals surface area contributed by atoms with Crippen molar-refractivity contribution in [3.05, 3.63) is 87.3 Å². The normalized spacial score (nSPS) is 17.9. The Labute approximate surface area is 312 Å². The van der Waals surface area contributed by atoms with Crippen molar-refractivity contribution in [1.82, 2.24) is 0 Å². The van der Waals surface area contributed by atoms with E-state index >= 15 is 52.7 Å². The first-order chi connectivity index (χ1) is 26.5. The van der Waals surface area contributed by atoms with Crippen LogP contribution in [-0.4, -0.2) is 23.3 Å². The van der Waals surface area contributed by atoms with E-state index in [2.05, 4.69) is 5.66 Å². The van der Waals surface area contributed by atoms with Crippen molar-refractivity contribution in [2.45, 2.75) is 113 Å². The Morgan fingerprint density at radius 2 is 0.554 bits per heavy atom. The summed E-state index contributed by atoms with van der Waals surface area (Å²) in [6, 6.07) is 0. The van der Waals surface area contributed by atoms with Gasteiger partial charge in [0.25, 0.3) is 6.35 Å². The molecule has 304 valence electrons. The fraction of sp³-hybridized carbons (Fsp3) is 0.474. The van der Waals surface area contributed by atoms with Crippen molar-refractivity contribution in [2.24, 2.45) is 0 Å². The van der Waals surface area contributed by atoms with Crippen molar-refractivity contribution in [2.75, 3.05) is 0 Å². The molecule has 56 heavy (non-hydrogen) atoms. The number of hydrogen-bond donors (Lipinski definition) is 0. The van der Waals surface area contributed by atoms with Crippen LogP contribution in [0.1, 0.15) is 96.3 Å². The molecule has 3 saturated carbocycles. The minimum absolute atomic E-state index is 0.169. The molecular formula is C38H33BF15OP. The first-order valence-corrected chi connectivity index (χ1v) is 20.3. The van der Waals surface area contributed by atoms with E-state index in [-0.39, 0.29) is 17.0 Å². The average molecular weight is 832 g/mol. The third-order valence-electron chi connectivity index (χ3n) is 12.0. The van der Waals surface area contributed by atoms with E-state index in [1.807, 2.05) is 6.11 Å². The number of benzene rings is 3. The van der Waals surface area contributed by atoms with Gasteiger partial charge in [-0.2, -0.15) is 0 Å². The topological polar surface area (TPSA) is 9.23 Å². The highest BCUT2D eigenvalue weighted by Crippen LogP contribution is 2.76. The molecule has 0 radical (unpaired) electrons. The van der Waals surface area contributed by atoms with Crippen LogP contribution in [0.25, 0.3) is 0 Å². The van der Waals surface area contributed by atoms with Crippen LogP contribution in [0.5, 0.6) is 0 Å². The second-order valence-corrected chi connectivity index (χ2v) is 18.9. The SMILES string of the molecule is Fc1c(F)c(F)c([B-](OC#C[P+](C2CCCCC2)(C2CCCCC2)C2CCCCC2)(c2c(F)c(F)c(F)c(F)c2F)c2c(F)c(F)c(F)c(F)c2F)c(F)c1F. The molecule has 0 amide bonds. The summed E-state index contributed by atoms with van der Waals surface area (Å²) >= 11 is 0. The van der Waals surface area contributed by atoms with E-state index in [0.29, 0.717) is 38.5 Å². The lowest BCUT2D eigenvalue weighted by atomic mass is 9.27. The largest absolute Gasteiger partial charge is 0.651 e. The highest BCUT2D eigenvalue weighted by Gasteiger charge is 2.58. The summed E-state index contributed by atoms with van der Waals surface area (Å²) < 4.78 is 235. The molecule has 0 saturated heterocycles. The number of rotatable bonds is 7. The molecule has 0 aromatic heterocycles. The second-order valence-electron chi connectivity index (χ2n) is 14.8. The lowest BCUT2D eigenvalue weighted by Gasteiger charge is -2.45. The Bertz CT molecular complexity index is 1780. The molecule has 0 aliphatic heterocycles. The predicted octanol–water partition coefficient (Wildman–Crippen LogP) is 10.7. The lowest BCUT2D eigenvalue weighted by molar-refractivity contribution is 0.373. The predicted molar refractivity (Wildman–Crippen MR) is 180 cm³/mol. The molecule has 0 unspecified atom stereocenters. The molecule has 0 spiro atoms. The Hall–Kier alpha value is -3.54. The number of halogens is 15. The van der Waals surface area contributed by atoms with Crippen molar-refractivity contribution >= 4 is 30.0 Å². The molecular weight excluding hydrogens is 799 g/mol. The third kappa shape index (κ3) is 6.63.